The molecule has 0 bridgehead atoms. The lowest BCUT2D eigenvalue weighted by Crippen LogP contribution is -2.06. The predicted molar refractivity (Wildman–Crippen MR) is 88.0 cm³/mol. The van der Waals surface area contributed by atoms with Gasteiger partial charge in [0.1, 0.15) is 12.1 Å². The smallest absolute Gasteiger partial charge is 0.216 e. The summed E-state index contributed by atoms with van der Waals surface area (Å²) in [6, 6.07) is 3.85. The van der Waals surface area contributed by atoms with E-state index in [1.54, 1.807) is 6.21 Å². The molecule has 0 aliphatic rings. The molecular weight excluding hydrogens is 408 g/mol. The summed E-state index contributed by atoms with van der Waals surface area (Å²) >= 11 is 12.0. The first kappa shape index (κ1) is 15.4. The monoisotopic (exact) mass is 418 g/mol. The number of aromatic amines is 1. The van der Waals surface area contributed by atoms with Crippen LogP contribution < -0.4 is 4.74 Å². The molecule has 0 aliphatic heterocycles. The second kappa shape index (κ2) is 6.64. The van der Waals surface area contributed by atoms with Gasteiger partial charge in [0, 0.05) is 0 Å². The highest BCUT2D eigenvalue weighted by molar-refractivity contribution is 9.11. The minimum atomic E-state index is 0.103. The zero-order chi connectivity index (χ0) is 14.7. The van der Waals surface area contributed by atoms with Crippen molar-refractivity contribution >= 4 is 50.3 Å². The van der Waals surface area contributed by atoms with Crippen LogP contribution in [0, 0.1) is 4.77 Å². The van der Waals surface area contributed by atoms with Crippen molar-refractivity contribution in [2.24, 2.45) is 5.10 Å². The molecule has 0 saturated carbocycles. The molecule has 0 saturated heterocycles. The van der Waals surface area contributed by atoms with Crippen molar-refractivity contribution in [1.82, 2.24) is 14.9 Å². The first-order chi connectivity index (χ1) is 9.47. The molecule has 2 aromatic rings. The van der Waals surface area contributed by atoms with Gasteiger partial charge in [0.05, 0.1) is 21.3 Å². The van der Waals surface area contributed by atoms with E-state index in [1.165, 1.54) is 11.0 Å². The van der Waals surface area contributed by atoms with Crippen molar-refractivity contribution in [1.29, 1.82) is 0 Å². The number of aromatic nitrogens is 3. The standard InChI is InChI=1S/C12H12Br2N4OS/c1-7(2)19-11-9(13)3-8(4-10(11)14)5-16-18-6-15-17-12(18)20/h3-7H,1-2H3,(H,17,20)/b16-5-. The number of H-pyrrole nitrogens is 1. The topological polar surface area (TPSA) is 55.2 Å². The Bertz CT molecular complexity index is 670. The van der Waals surface area contributed by atoms with Crippen molar-refractivity contribution in [3.63, 3.8) is 0 Å². The molecule has 0 amide bonds. The summed E-state index contributed by atoms with van der Waals surface area (Å²) in [4.78, 5) is 0. The quantitative estimate of drug-likeness (QED) is 0.598. The van der Waals surface area contributed by atoms with Crippen molar-refractivity contribution in [2.45, 2.75) is 20.0 Å². The molecule has 0 aliphatic carbocycles. The Morgan fingerprint density at radius 2 is 2.05 bits per heavy atom. The van der Waals surface area contributed by atoms with E-state index in [0.717, 1.165) is 20.3 Å². The molecule has 5 nitrogen and oxygen atoms in total. The summed E-state index contributed by atoms with van der Waals surface area (Å²) in [6.07, 6.45) is 3.31. The minimum absolute atomic E-state index is 0.103. The van der Waals surface area contributed by atoms with E-state index < -0.39 is 0 Å². The van der Waals surface area contributed by atoms with Crippen LogP contribution in [0.1, 0.15) is 19.4 Å². The number of halogens is 2. The largest absolute Gasteiger partial charge is 0.489 e. The van der Waals surface area contributed by atoms with Gasteiger partial charge < -0.3 is 4.74 Å². The average Bonchev–Trinajstić information content (AvgIpc) is 2.77. The van der Waals surface area contributed by atoms with E-state index in [1.807, 2.05) is 26.0 Å². The maximum absolute atomic E-state index is 5.73. The third-order valence-corrected chi connectivity index (χ3v) is 3.70. The van der Waals surface area contributed by atoms with Crippen LogP contribution in [0.25, 0.3) is 0 Å². The van der Waals surface area contributed by atoms with E-state index in [2.05, 4.69) is 47.2 Å². The van der Waals surface area contributed by atoms with Crippen LogP contribution in [0.5, 0.6) is 5.75 Å². The fourth-order valence-corrected chi connectivity index (χ4v) is 3.01. The van der Waals surface area contributed by atoms with Gasteiger partial charge in [-0.2, -0.15) is 14.9 Å². The molecule has 106 valence electrons. The Labute approximate surface area is 138 Å². The highest BCUT2D eigenvalue weighted by Crippen LogP contribution is 2.35. The van der Waals surface area contributed by atoms with Gasteiger partial charge in [-0.3, -0.25) is 5.10 Å². The SMILES string of the molecule is CC(C)Oc1c(Br)cc(/C=N\n2cn[nH]c2=S)cc1Br. The fourth-order valence-electron chi connectivity index (χ4n) is 1.46. The lowest BCUT2D eigenvalue weighted by atomic mass is 10.2. The maximum atomic E-state index is 5.73. The molecule has 0 spiro atoms. The van der Waals surface area contributed by atoms with Crippen molar-refractivity contribution in [2.75, 3.05) is 0 Å². The van der Waals surface area contributed by atoms with E-state index in [0.29, 0.717) is 4.77 Å². The summed E-state index contributed by atoms with van der Waals surface area (Å²) < 4.78 is 9.37. The normalized spacial score (nSPS) is 11.4. The number of nitrogens with one attached hydrogen (secondary N) is 1. The zero-order valence-electron chi connectivity index (χ0n) is 10.8. The highest BCUT2D eigenvalue weighted by atomic mass is 79.9. The van der Waals surface area contributed by atoms with Crippen molar-refractivity contribution in [3.05, 3.63) is 37.7 Å². The van der Waals surface area contributed by atoms with Gasteiger partial charge in [-0.25, -0.2) is 0 Å². The molecule has 1 aromatic carbocycles. The van der Waals surface area contributed by atoms with Gasteiger partial charge in [-0.15, -0.1) is 0 Å². The molecule has 0 atom stereocenters. The van der Waals surface area contributed by atoms with E-state index in [-0.39, 0.29) is 6.10 Å². The Balaban J connectivity index is 2.29. The van der Waals surface area contributed by atoms with Gasteiger partial charge in [0.2, 0.25) is 4.77 Å². The Hall–Kier alpha value is -0.990. The van der Waals surface area contributed by atoms with Crippen LogP contribution in [0.3, 0.4) is 0 Å². The highest BCUT2D eigenvalue weighted by Gasteiger charge is 2.09. The maximum Gasteiger partial charge on any atom is 0.216 e. The molecule has 1 N–H and O–H groups in total. The number of benzene rings is 1. The Morgan fingerprint density at radius 1 is 1.40 bits per heavy atom. The Kier molecular flexibility index (Phi) is 5.11. The van der Waals surface area contributed by atoms with Crippen LogP contribution in [0.15, 0.2) is 32.5 Å². The summed E-state index contributed by atoms with van der Waals surface area (Å²) in [5.74, 6) is 0.775. The average molecular weight is 420 g/mol. The van der Waals surface area contributed by atoms with Gasteiger partial charge in [-0.1, -0.05) is 0 Å². The van der Waals surface area contributed by atoms with Crippen molar-refractivity contribution in [3.8, 4) is 5.75 Å². The van der Waals surface area contributed by atoms with Gasteiger partial charge in [-0.05, 0) is 75.6 Å². The number of nitrogens with zero attached hydrogens (tertiary/aromatic N) is 3. The predicted octanol–water partition coefficient (Wildman–Crippen LogP) is 4.14. The molecular formula is C12H12Br2N4OS. The second-order valence-corrected chi connectivity index (χ2v) is 6.33. The number of hydrogen-bond donors (Lipinski definition) is 1. The molecule has 1 heterocycles. The van der Waals surface area contributed by atoms with Crippen LogP contribution in [-0.2, 0) is 0 Å². The second-order valence-electron chi connectivity index (χ2n) is 4.23. The van der Waals surface area contributed by atoms with Gasteiger partial charge >= 0.3 is 0 Å². The third kappa shape index (κ3) is 3.77. The first-order valence-corrected chi connectivity index (χ1v) is 7.79. The fraction of sp³-hybridized carbons (Fsp3) is 0.250. The Morgan fingerprint density at radius 3 is 2.55 bits per heavy atom. The van der Waals surface area contributed by atoms with E-state index in [4.69, 9.17) is 17.0 Å². The number of hydrogen-bond acceptors (Lipinski definition) is 4. The number of rotatable bonds is 4. The van der Waals surface area contributed by atoms with Gasteiger partial charge in [0.25, 0.3) is 0 Å². The molecule has 0 radical (unpaired) electrons. The summed E-state index contributed by atoms with van der Waals surface area (Å²) in [5.41, 5.74) is 0.906. The molecule has 1 aromatic heterocycles. The molecule has 20 heavy (non-hydrogen) atoms. The first-order valence-electron chi connectivity index (χ1n) is 5.79. The van der Waals surface area contributed by atoms with Gasteiger partial charge in [0.15, 0.2) is 0 Å². The molecule has 2 rings (SSSR count). The van der Waals surface area contributed by atoms with Crippen LogP contribution in [0.2, 0.25) is 0 Å². The summed E-state index contributed by atoms with van der Waals surface area (Å²) in [6.45, 7) is 3.96. The van der Waals surface area contributed by atoms with Crippen LogP contribution in [-0.4, -0.2) is 27.2 Å². The molecule has 8 heteroatoms. The zero-order valence-corrected chi connectivity index (χ0v) is 14.8. The molecule has 0 unspecified atom stereocenters. The molecule has 0 fully saturated rings. The lowest BCUT2D eigenvalue weighted by molar-refractivity contribution is 0.239. The summed E-state index contributed by atoms with van der Waals surface area (Å²) in [7, 11) is 0. The lowest BCUT2D eigenvalue weighted by Gasteiger charge is -2.13. The third-order valence-electron chi connectivity index (χ3n) is 2.24. The summed E-state index contributed by atoms with van der Waals surface area (Å²) in [5, 5.41) is 10.7. The van der Waals surface area contributed by atoms with Crippen LogP contribution in [0.4, 0.5) is 0 Å². The minimum Gasteiger partial charge on any atom is -0.489 e. The van der Waals surface area contributed by atoms with Crippen molar-refractivity contribution < 1.29 is 4.74 Å². The van der Waals surface area contributed by atoms with Crippen LogP contribution >= 0.6 is 44.1 Å². The number of ether oxygens (including phenoxy) is 1. The van der Waals surface area contributed by atoms with E-state index >= 15 is 0 Å². The van der Waals surface area contributed by atoms with E-state index in [9.17, 15) is 0 Å².